The summed E-state index contributed by atoms with van der Waals surface area (Å²) < 4.78 is 49.6. The van der Waals surface area contributed by atoms with Gasteiger partial charge in [0.05, 0.1) is 5.56 Å². The van der Waals surface area contributed by atoms with E-state index in [0.29, 0.717) is 0 Å². The van der Waals surface area contributed by atoms with E-state index < -0.39 is 30.2 Å². The van der Waals surface area contributed by atoms with Crippen molar-refractivity contribution in [2.75, 3.05) is 0 Å². The topological polar surface area (TPSA) is 78.9 Å². The molecule has 0 bridgehead atoms. The summed E-state index contributed by atoms with van der Waals surface area (Å²) in [5, 5.41) is 0. The Morgan fingerprint density at radius 3 is 2.42 bits per heavy atom. The summed E-state index contributed by atoms with van der Waals surface area (Å²) in [5.41, 5.74) is -0.277. The average molecular weight is 346 g/mol. The summed E-state index contributed by atoms with van der Waals surface area (Å²) in [6.45, 7) is 5.95. The van der Waals surface area contributed by atoms with Crippen LogP contribution in [0.25, 0.3) is 0 Å². The molecule has 1 rings (SSSR count). The highest BCUT2D eigenvalue weighted by atomic mass is 19.4. The maximum Gasteiger partial charge on any atom is 0.573 e. The Labute approximate surface area is 134 Å². The van der Waals surface area contributed by atoms with Gasteiger partial charge in [-0.1, -0.05) is 6.58 Å². The first-order valence-electron chi connectivity index (χ1n) is 6.46. The minimum atomic E-state index is -4.93. The molecular weight excluding hydrogens is 333 g/mol. The molecule has 0 radical (unpaired) electrons. The Morgan fingerprint density at radius 1 is 1.29 bits per heavy atom. The molecule has 24 heavy (non-hydrogen) atoms. The molecule has 1 aromatic rings. The lowest BCUT2D eigenvalue weighted by Crippen LogP contribution is -2.28. The van der Waals surface area contributed by atoms with Gasteiger partial charge in [0.15, 0.2) is 12.4 Å². The number of benzene rings is 1. The smallest absolute Gasteiger partial charge is 0.447 e. The zero-order valence-corrected chi connectivity index (χ0v) is 12.7. The second-order valence-corrected chi connectivity index (χ2v) is 4.61. The molecule has 0 aliphatic carbocycles. The third-order valence-corrected chi connectivity index (χ3v) is 2.52. The number of alkyl halides is 3. The van der Waals surface area contributed by atoms with Crippen molar-refractivity contribution >= 4 is 18.2 Å². The molecular formula is C15H13F3O6. The van der Waals surface area contributed by atoms with Gasteiger partial charge in [-0.2, -0.15) is 0 Å². The Kier molecular flexibility index (Phi) is 6.10. The van der Waals surface area contributed by atoms with Gasteiger partial charge in [-0.05, 0) is 32.0 Å². The lowest BCUT2D eigenvalue weighted by Gasteiger charge is -2.14. The quantitative estimate of drug-likeness (QED) is 0.341. The van der Waals surface area contributed by atoms with Crippen LogP contribution in [0.15, 0.2) is 30.4 Å². The van der Waals surface area contributed by atoms with Gasteiger partial charge in [0.25, 0.3) is 0 Å². The van der Waals surface area contributed by atoms with Crippen molar-refractivity contribution in [2.45, 2.75) is 26.3 Å². The fourth-order valence-electron chi connectivity index (χ4n) is 1.41. The number of ether oxygens (including phenoxy) is 3. The van der Waals surface area contributed by atoms with Crippen LogP contribution in [-0.2, 0) is 14.3 Å². The summed E-state index contributed by atoms with van der Waals surface area (Å²) in [6, 6.07) is 2.58. The molecule has 0 heterocycles. The molecule has 1 unspecified atom stereocenters. The van der Waals surface area contributed by atoms with Crippen molar-refractivity contribution in [3.63, 3.8) is 0 Å². The molecule has 130 valence electrons. The van der Waals surface area contributed by atoms with Gasteiger partial charge in [0.2, 0.25) is 0 Å². The van der Waals surface area contributed by atoms with Gasteiger partial charge in [-0.25, -0.2) is 9.59 Å². The summed E-state index contributed by atoms with van der Waals surface area (Å²) >= 11 is 0. The van der Waals surface area contributed by atoms with Crippen LogP contribution in [0.1, 0.15) is 24.2 Å². The van der Waals surface area contributed by atoms with Crippen LogP contribution in [0.3, 0.4) is 0 Å². The van der Waals surface area contributed by atoms with Crippen LogP contribution in [-0.4, -0.2) is 30.7 Å². The van der Waals surface area contributed by atoms with E-state index in [9.17, 15) is 27.6 Å². The van der Waals surface area contributed by atoms with Gasteiger partial charge in [0.1, 0.15) is 11.5 Å². The van der Waals surface area contributed by atoms with Crippen LogP contribution >= 0.6 is 0 Å². The van der Waals surface area contributed by atoms with Crippen LogP contribution in [0.4, 0.5) is 13.2 Å². The average Bonchev–Trinajstić information content (AvgIpc) is 2.46. The Bertz CT molecular complexity index is 666. The molecule has 1 atom stereocenters. The molecule has 0 aromatic heterocycles. The van der Waals surface area contributed by atoms with E-state index in [2.05, 4.69) is 11.3 Å². The van der Waals surface area contributed by atoms with E-state index in [1.807, 2.05) is 0 Å². The Balaban J connectivity index is 2.87. The van der Waals surface area contributed by atoms with E-state index >= 15 is 0 Å². The number of esters is 2. The normalized spacial score (nSPS) is 12.0. The van der Waals surface area contributed by atoms with Crippen molar-refractivity contribution in [1.82, 2.24) is 0 Å². The molecule has 0 aliphatic heterocycles. The maximum absolute atomic E-state index is 12.1. The van der Waals surface area contributed by atoms with Crippen molar-refractivity contribution in [3.8, 4) is 11.5 Å². The van der Waals surface area contributed by atoms with Crippen LogP contribution in [0.5, 0.6) is 11.5 Å². The number of rotatable bonds is 6. The zero-order chi connectivity index (χ0) is 18.5. The SMILES string of the molecule is C=C(C)C(=O)OC(C)C(=O)Oc1ccc(OC(F)(F)F)cc1C=O. The predicted octanol–water partition coefficient (Wildman–Crippen LogP) is 2.81. The summed E-state index contributed by atoms with van der Waals surface area (Å²) in [6.07, 6.45) is -6.04. The highest BCUT2D eigenvalue weighted by Gasteiger charge is 2.31. The number of hydrogen-bond donors (Lipinski definition) is 0. The van der Waals surface area contributed by atoms with E-state index in [1.54, 1.807) is 0 Å². The van der Waals surface area contributed by atoms with Crippen molar-refractivity contribution in [2.24, 2.45) is 0 Å². The van der Waals surface area contributed by atoms with E-state index in [4.69, 9.17) is 9.47 Å². The van der Waals surface area contributed by atoms with E-state index in [0.717, 1.165) is 18.2 Å². The molecule has 9 heteroatoms. The number of carbonyl (C=O) groups excluding carboxylic acids is 3. The van der Waals surface area contributed by atoms with E-state index in [1.165, 1.54) is 13.8 Å². The van der Waals surface area contributed by atoms with Crippen molar-refractivity contribution in [3.05, 3.63) is 35.9 Å². The fourth-order valence-corrected chi connectivity index (χ4v) is 1.41. The lowest BCUT2D eigenvalue weighted by atomic mass is 10.2. The first-order valence-corrected chi connectivity index (χ1v) is 6.46. The highest BCUT2D eigenvalue weighted by molar-refractivity contribution is 5.90. The second kappa shape index (κ2) is 7.62. The summed E-state index contributed by atoms with van der Waals surface area (Å²) in [5.74, 6) is -2.78. The number of aldehydes is 1. The fraction of sp³-hybridized carbons (Fsp3) is 0.267. The second-order valence-electron chi connectivity index (χ2n) is 4.61. The first-order chi connectivity index (χ1) is 11.0. The van der Waals surface area contributed by atoms with Crippen LogP contribution in [0, 0.1) is 0 Å². The molecule has 0 saturated heterocycles. The number of halogens is 3. The minimum absolute atomic E-state index is 0.0666. The Morgan fingerprint density at radius 2 is 1.92 bits per heavy atom. The molecule has 0 amide bonds. The first kappa shape index (κ1) is 19.2. The molecule has 0 spiro atoms. The van der Waals surface area contributed by atoms with E-state index in [-0.39, 0.29) is 23.2 Å². The molecule has 1 aromatic carbocycles. The monoisotopic (exact) mass is 346 g/mol. The minimum Gasteiger partial charge on any atom is -0.447 e. The number of carbonyl (C=O) groups is 3. The molecule has 0 saturated carbocycles. The van der Waals surface area contributed by atoms with Gasteiger partial charge in [-0.15, -0.1) is 13.2 Å². The largest absolute Gasteiger partial charge is 0.573 e. The van der Waals surface area contributed by atoms with Gasteiger partial charge in [-0.3, -0.25) is 4.79 Å². The summed E-state index contributed by atoms with van der Waals surface area (Å²) in [7, 11) is 0. The third kappa shape index (κ3) is 5.75. The maximum atomic E-state index is 12.1. The number of hydrogen-bond acceptors (Lipinski definition) is 6. The van der Waals surface area contributed by atoms with Crippen LogP contribution in [0.2, 0.25) is 0 Å². The summed E-state index contributed by atoms with van der Waals surface area (Å²) in [4.78, 5) is 34.0. The Hall–Kier alpha value is -2.84. The molecule has 0 N–H and O–H groups in total. The van der Waals surface area contributed by atoms with Crippen molar-refractivity contribution in [1.29, 1.82) is 0 Å². The zero-order valence-electron chi connectivity index (χ0n) is 12.7. The van der Waals surface area contributed by atoms with Gasteiger partial charge < -0.3 is 14.2 Å². The highest BCUT2D eigenvalue weighted by Crippen LogP contribution is 2.28. The third-order valence-electron chi connectivity index (χ3n) is 2.52. The van der Waals surface area contributed by atoms with Gasteiger partial charge >= 0.3 is 18.3 Å². The molecule has 6 nitrogen and oxygen atoms in total. The predicted molar refractivity (Wildman–Crippen MR) is 74.5 cm³/mol. The standard InChI is InChI=1S/C15H13F3O6/c1-8(2)13(20)22-9(3)14(21)23-12-5-4-11(6-10(12)7-19)24-15(16,17)18/h4-7,9H,1H2,2-3H3. The lowest BCUT2D eigenvalue weighted by molar-refractivity contribution is -0.274. The molecule has 0 fully saturated rings. The molecule has 0 aliphatic rings. The van der Waals surface area contributed by atoms with Gasteiger partial charge in [0, 0.05) is 5.57 Å². The van der Waals surface area contributed by atoms with Crippen LogP contribution < -0.4 is 9.47 Å². The van der Waals surface area contributed by atoms with Crippen molar-refractivity contribution < 1.29 is 41.8 Å².